The third kappa shape index (κ3) is 4.38. The van der Waals surface area contributed by atoms with Crippen LogP contribution in [0.4, 0.5) is 0 Å². The van der Waals surface area contributed by atoms with Gasteiger partial charge in [0, 0.05) is 13.1 Å². The van der Waals surface area contributed by atoms with Gasteiger partial charge in [-0.25, -0.2) is 0 Å². The second-order valence-electron chi connectivity index (χ2n) is 6.72. The lowest BCUT2D eigenvalue weighted by atomic mass is 9.97. The molecule has 1 saturated heterocycles. The minimum atomic E-state index is -0.829. The van der Waals surface area contributed by atoms with Crippen LogP contribution in [0, 0.1) is 5.92 Å². The molecular weight excluding hydrogens is 350 g/mol. The fourth-order valence-corrected chi connectivity index (χ4v) is 4.15. The molecule has 1 fully saturated rings. The van der Waals surface area contributed by atoms with Gasteiger partial charge in [0.1, 0.15) is 0 Å². The Morgan fingerprint density at radius 2 is 1.73 bits per heavy atom. The molecule has 2 heterocycles. The molecule has 136 valence electrons. The van der Waals surface area contributed by atoms with Gasteiger partial charge in [-0.2, -0.15) is 0 Å². The summed E-state index contributed by atoms with van der Waals surface area (Å²) in [5.41, 5.74) is 1.96. The highest BCUT2D eigenvalue weighted by Crippen LogP contribution is 2.25. The van der Waals surface area contributed by atoms with Gasteiger partial charge in [0.05, 0.1) is 16.2 Å². The maximum absolute atomic E-state index is 12.6. The molecule has 1 amide bonds. The predicted molar refractivity (Wildman–Crippen MR) is 99.8 cm³/mol. The predicted octanol–water partition coefficient (Wildman–Crippen LogP) is 3.28. The topological polar surface area (TPSA) is 74.7 Å². The molecule has 0 bridgehead atoms. The fraction of sp³-hybridized carbons (Fsp3) is 0.350. The number of Topliss-reactive ketones (excluding diaryl/α,β-unsaturated/α-hetero) is 1. The Labute approximate surface area is 156 Å². The number of amides is 1. The number of carbonyl (C=O) groups excluding carboxylic acids is 2. The molecule has 0 aliphatic carbocycles. The Morgan fingerprint density at radius 1 is 1.08 bits per heavy atom. The minimum Gasteiger partial charge on any atom is -0.481 e. The van der Waals surface area contributed by atoms with Crippen molar-refractivity contribution in [2.45, 2.75) is 26.2 Å². The molecule has 2 aromatic rings. The average Bonchev–Trinajstić information content (AvgIpc) is 3.25. The molecule has 1 N–H and O–H groups in total. The van der Waals surface area contributed by atoms with Crippen LogP contribution in [-0.4, -0.2) is 40.8 Å². The fourth-order valence-electron chi connectivity index (χ4n) is 3.28. The van der Waals surface area contributed by atoms with Crippen LogP contribution in [0.2, 0.25) is 0 Å². The molecular formula is C20H21NO4S. The lowest BCUT2D eigenvalue weighted by Crippen LogP contribution is -2.28. The lowest BCUT2D eigenvalue weighted by Gasteiger charge is -2.15. The monoisotopic (exact) mass is 371 g/mol. The smallest absolute Gasteiger partial charge is 0.307 e. The van der Waals surface area contributed by atoms with Crippen molar-refractivity contribution in [2.24, 2.45) is 5.92 Å². The number of aliphatic carboxylic acids is 1. The molecule has 1 aliphatic heterocycles. The first-order chi connectivity index (χ1) is 12.4. The second-order valence-corrected chi connectivity index (χ2v) is 7.80. The Morgan fingerprint density at radius 3 is 2.35 bits per heavy atom. The normalized spacial score (nSPS) is 16.7. The van der Waals surface area contributed by atoms with E-state index in [1.165, 1.54) is 18.3 Å². The molecule has 0 radical (unpaired) electrons. The summed E-state index contributed by atoms with van der Waals surface area (Å²) < 4.78 is 0. The number of hydrogen-bond donors (Lipinski definition) is 1. The first kappa shape index (κ1) is 18.3. The van der Waals surface area contributed by atoms with Gasteiger partial charge in [-0.15, -0.1) is 11.3 Å². The van der Waals surface area contributed by atoms with Crippen molar-refractivity contribution in [1.82, 2.24) is 4.90 Å². The van der Waals surface area contributed by atoms with E-state index in [1.54, 1.807) is 12.1 Å². The number of nitrogens with zero attached hydrogens (tertiary/aromatic N) is 1. The SMILES string of the molecule is CC(=O)c1ccc(C(=O)N2CCC(Cc3ccc(CC(=O)O)cc3)C2)s1. The van der Waals surface area contributed by atoms with Gasteiger partial charge in [0.2, 0.25) is 0 Å². The number of carboxylic acid groups (broad SMARTS) is 1. The van der Waals surface area contributed by atoms with E-state index in [2.05, 4.69) is 0 Å². The summed E-state index contributed by atoms with van der Waals surface area (Å²) in [6, 6.07) is 11.1. The molecule has 0 spiro atoms. The Bertz CT molecular complexity index is 825. The summed E-state index contributed by atoms with van der Waals surface area (Å²) >= 11 is 1.26. The summed E-state index contributed by atoms with van der Waals surface area (Å²) in [7, 11) is 0. The highest BCUT2D eigenvalue weighted by atomic mass is 32.1. The van der Waals surface area contributed by atoms with E-state index in [4.69, 9.17) is 5.11 Å². The molecule has 1 aromatic heterocycles. The summed E-state index contributed by atoms with van der Waals surface area (Å²) in [6.07, 6.45) is 1.86. The van der Waals surface area contributed by atoms with E-state index in [0.29, 0.717) is 22.2 Å². The quantitative estimate of drug-likeness (QED) is 0.791. The molecule has 3 rings (SSSR count). The average molecular weight is 371 g/mol. The van der Waals surface area contributed by atoms with E-state index >= 15 is 0 Å². The number of benzene rings is 1. The highest BCUT2D eigenvalue weighted by Gasteiger charge is 2.28. The largest absolute Gasteiger partial charge is 0.481 e. The standard InChI is InChI=1S/C20H21NO4S/c1-13(22)17-6-7-18(26-17)20(25)21-9-8-16(12-21)10-14-2-4-15(5-3-14)11-19(23)24/h2-7,16H,8-12H2,1H3,(H,23,24). The zero-order valence-corrected chi connectivity index (χ0v) is 15.4. The van der Waals surface area contributed by atoms with Crippen LogP contribution in [0.15, 0.2) is 36.4 Å². The highest BCUT2D eigenvalue weighted by molar-refractivity contribution is 7.15. The minimum absolute atomic E-state index is 0.00167. The number of hydrogen-bond acceptors (Lipinski definition) is 4. The number of ketones is 1. The maximum atomic E-state index is 12.6. The molecule has 1 atom stereocenters. The van der Waals surface area contributed by atoms with Crippen LogP contribution in [-0.2, 0) is 17.6 Å². The number of likely N-dealkylation sites (tertiary alicyclic amines) is 1. The number of rotatable bonds is 6. The van der Waals surface area contributed by atoms with Crippen LogP contribution in [0.5, 0.6) is 0 Å². The van der Waals surface area contributed by atoms with E-state index in [1.807, 2.05) is 29.2 Å². The third-order valence-electron chi connectivity index (χ3n) is 4.64. The maximum Gasteiger partial charge on any atom is 0.307 e. The van der Waals surface area contributed by atoms with Crippen molar-refractivity contribution in [3.63, 3.8) is 0 Å². The second kappa shape index (κ2) is 7.83. The van der Waals surface area contributed by atoms with Gasteiger partial charge >= 0.3 is 5.97 Å². The van der Waals surface area contributed by atoms with Gasteiger partial charge in [-0.3, -0.25) is 14.4 Å². The van der Waals surface area contributed by atoms with Crippen LogP contribution in [0.3, 0.4) is 0 Å². The van der Waals surface area contributed by atoms with Gasteiger partial charge < -0.3 is 10.0 Å². The molecule has 26 heavy (non-hydrogen) atoms. The third-order valence-corrected chi connectivity index (χ3v) is 5.81. The molecule has 1 aliphatic rings. The van der Waals surface area contributed by atoms with E-state index in [9.17, 15) is 14.4 Å². The van der Waals surface area contributed by atoms with Crippen molar-refractivity contribution in [3.8, 4) is 0 Å². The number of carbonyl (C=O) groups is 3. The van der Waals surface area contributed by atoms with Gasteiger partial charge in [0.25, 0.3) is 5.91 Å². The molecule has 5 nitrogen and oxygen atoms in total. The summed E-state index contributed by atoms with van der Waals surface area (Å²) in [5, 5.41) is 8.82. The lowest BCUT2D eigenvalue weighted by molar-refractivity contribution is -0.136. The molecule has 1 aromatic carbocycles. The Balaban J connectivity index is 1.57. The Hall–Kier alpha value is -2.47. The first-order valence-electron chi connectivity index (χ1n) is 8.62. The van der Waals surface area contributed by atoms with Gasteiger partial charge in [0.15, 0.2) is 5.78 Å². The Kier molecular flexibility index (Phi) is 5.52. The van der Waals surface area contributed by atoms with E-state index < -0.39 is 5.97 Å². The van der Waals surface area contributed by atoms with Crippen molar-refractivity contribution in [3.05, 3.63) is 57.3 Å². The van der Waals surface area contributed by atoms with E-state index in [-0.39, 0.29) is 18.1 Å². The van der Waals surface area contributed by atoms with Crippen LogP contribution < -0.4 is 0 Å². The van der Waals surface area contributed by atoms with Crippen LogP contribution in [0.25, 0.3) is 0 Å². The van der Waals surface area contributed by atoms with E-state index in [0.717, 1.165) is 30.5 Å². The van der Waals surface area contributed by atoms with Crippen molar-refractivity contribution in [2.75, 3.05) is 13.1 Å². The van der Waals surface area contributed by atoms with Gasteiger partial charge in [-0.05, 0) is 48.9 Å². The number of carboxylic acids is 1. The van der Waals surface area contributed by atoms with Crippen molar-refractivity contribution in [1.29, 1.82) is 0 Å². The van der Waals surface area contributed by atoms with Crippen LogP contribution in [0.1, 0.15) is 43.8 Å². The molecule has 0 saturated carbocycles. The summed E-state index contributed by atoms with van der Waals surface area (Å²) in [4.78, 5) is 37.8. The van der Waals surface area contributed by atoms with Gasteiger partial charge in [-0.1, -0.05) is 24.3 Å². The number of thiophene rings is 1. The van der Waals surface area contributed by atoms with Crippen molar-refractivity contribution >= 4 is 29.0 Å². The first-order valence-corrected chi connectivity index (χ1v) is 9.43. The zero-order valence-electron chi connectivity index (χ0n) is 14.6. The van der Waals surface area contributed by atoms with Crippen LogP contribution >= 0.6 is 11.3 Å². The van der Waals surface area contributed by atoms with Crippen molar-refractivity contribution < 1.29 is 19.5 Å². The zero-order chi connectivity index (χ0) is 18.7. The molecule has 6 heteroatoms. The summed E-state index contributed by atoms with van der Waals surface area (Å²) in [6.45, 7) is 2.95. The summed E-state index contributed by atoms with van der Waals surface area (Å²) in [5.74, 6) is -0.442. The molecule has 1 unspecified atom stereocenters.